The largest absolute Gasteiger partial charge is 0.508 e. The summed E-state index contributed by atoms with van der Waals surface area (Å²) in [4.78, 5) is 62.4. The molecule has 1 atom stereocenters. The van der Waals surface area contributed by atoms with Crippen LogP contribution in [0.2, 0.25) is 0 Å². The van der Waals surface area contributed by atoms with Crippen LogP contribution in [0.5, 0.6) is 11.5 Å². The quantitative estimate of drug-likeness (QED) is 0.0579. The molecule has 8 rings (SSSR count). The second-order valence-electron chi connectivity index (χ2n) is 16.9. The van der Waals surface area contributed by atoms with Gasteiger partial charge in [0.25, 0.3) is 5.56 Å². The number of aliphatic hydroxyl groups excluding tert-OH is 1. The van der Waals surface area contributed by atoms with Gasteiger partial charge in [-0.25, -0.2) is 33.2 Å². The Balaban J connectivity index is 0.837. The van der Waals surface area contributed by atoms with Crippen molar-refractivity contribution < 1.29 is 38.4 Å². The Kier molecular flexibility index (Phi) is 13.3. The number of aromatic hydroxyl groups is 2. The lowest BCUT2D eigenvalue weighted by Crippen LogP contribution is -2.40. The van der Waals surface area contributed by atoms with E-state index >= 15 is 4.39 Å². The van der Waals surface area contributed by atoms with E-state index in [1.54, 1.807) is 17.0 Å². The Labute approximate surface area is 393 Å². The number of phenols is 2. The third-order valence-electron chi connectivity index (χ3n) is 12.1. The molecule has 0 radical (unpaired) electrons. The zero-order valence-electron chi connectivity index (χ0n) is 36.6. The van der Waals surface area contributed by atoms with Crippen LogP contribution in [0, 0.1) is 21.1 Å². The maximum Gasteiger partial charge on any atom is 0.348 e. The molecule has 0 bridgehead atoms. The number of fused-ring (bicyclic) bond motifs is 2. The minimum Gasteiger partial charge on any atom is -0.508 e. The number of hydrogen-bond donors (Lipinski definition) is 5. The van der Waals surface area contributed by atoms with Crippen molar-refractivity contribution in [1.29, 1.82) is 0 Å². The molecule has 0 saturated carbocycles. The molecule has 21 heteroatoms. The highest BCUT2D eigenvalue weighted by Gasteiger charge is 2.26. The van der Waals surface area contributed by atoms with Gasteiger partial charge in [-0.1, -0.05) is 13.8 Å². The first-order valence-corrected chi connectivity index (χ1v) is 22.5. The van der Waals surface area contributed by atoms with Crippen molar-refractivity contribution in [1.82, 2.24) is 38.3 Å². The van der Waals surface area contributed by atoms with Crippen LogP contribution in [0.15, 0.2) is 81.7 Å². The van der Waals surface area contributed by atoms with Gasteiger partial charge < -0.3 is 39.8 Å². The smallest absolute Gasteiger partial charge is 0.348 e. The summed E-state index contributed by atoms with van der Waals surface area (Å²) in [6.45, 7) is 4.49. The average Bonchev–Trinajstić information content (AvgIpc) is 3.89. The number of aliphatic hydroxyl groups is 1. The summed E-state index contributed by atoms with van der Waals surface area (Å²) in [6.07, 6.45) is 3.45. The first-order valence-electron chi connectivity index (χ1n) is 21.5. The van der Waals surface area contributed by atoms with E-state index in [1.807, 2.05) is 66.9 Å². The highest BCUT2D eigenvalue weighted by atomic mass is 127. The van der Waals surface area contributed by atoms with Gasteiger partial charge >= 0.3 is 11.7 Å². The predicted molar refractivity (Wildman–Crippen MR) is 252 cm³/mol. The standard InChI is InChI=1S/C46H47F2IN10O8/c1-24(2)30-18-31(36(62)19-35(30)61)43-53-54-46(66)59(43)28-5-7-34-26(16-28)11-15-56(34)12-8-25-9-13-57(14-10-25)37(63)20-38(64)67-22-29(60)21-58-23-51-44-39(45(58)65)41(40(48)42(50)55(44)3)52-33-6-4-27(49)17-32(33)47/h4-7,11,15-19,23-25,29,60-62H,8-10,12-14,20-22,50H2,1-3H3,(H,54,66)/t29-/m1/s1. The molecular weight excluding hydrogens is 985 g/mol. The molecule has 7 aromatic rings. The van der Waals surface area contributed by atoms with Crippen LogP contribution in [0.3, 0.4) is 0 Å². The number of nitrogen functional groups attached to an aromatic ring is 1. The molecule has 6 N–H and O–H groups in total. The van der Waals surface area contributed by atoms with E-state index in [0.717, 1.165) is 45.6 Å². The van der Waals surface area contributed by atoms with Crippen molar-refractivity contribution in [3.05, 3.63) is 114 Å². The number of ether oxygens (including phenoxy) is 1. The van der Waals surface area contributed by atoms with E-state index in [-0.39, 0.29) is 45.8 Å². The third-order valence-corrected chi connectivity index (χ3v) is 12.8. The van der Waals surface area contributed by atoms with Gasteiger partial charge in [-0.3, -0.25) is 19.0 Å². The fourth-order valence-electron chi connectivity index (χ4n) is 8.38. The maximum atomic E-state index is 15.5. The number of amides is 1. The molecule has 5 heterocycles. The fraction of sp³-hybridized carbons (Fsp3) is 0.326. The maximum absolute atomic E-state index is 15.5. The van der Waals surface area contributed by atoms with Gasteiger partial charge in [-0.15, -0.1) is 0 Å². The number of halogens is 3. The van der Waals surface area contributed by atoms with Crippen molar-refractivity contribution in [3.63, 3.8) is 0 Å². The second-order valence-corrected chi connectivity index (χ2v) is 18.1. The van der Waals surface area contributed by atoms with Crippen LogP contribution in [-0.2, 0) is 34.5 Å². The minimum atomic E-state index is -1.41. The summed E-state index contributed by atoms with van der Waals surface area (Å²) >= 11 is 1.91. The molecule has 350 valence electrons. The highest BCUT2D eigenvalue weighted by Crippen LogP contribution is 2.37. The molecule has 4 aromatic heterocycles. The Morgan fingerprint density at radius 2 is 1.79 bits per heavy atom. The highest BCUT2D eigenvalue weighted by molar-refractivity contribution is 14.1. The molecule has 1 aliphatic rings. The zero-order valence-corrected chi connectivity index (χ0v) is 38.8. The zero-order chi connectivity index (χ0) is 47.8. The number of carbonyl (C=O) groups excluding carboxylic acids is 2. The number of aromatic amines is 1. The Bertz CT molecular complexity index is 3260. The second kappa shape index (κ2) is 19.1. The number of nitrogens with one attached hydrogen (secondary N) is 1. The summed E-state index contributed by atoms with van der Waals surface area (Å²) in [6, 6.07) is 14.6. The van der Waals surface area contributed by atoms with Crippen molar-refractivity contribution in [2.24, 2.45) is 18.0 Å². The molecular formula is C46H47F2IN10O8. The lowest BCUT2D eigenvalue weighted by Gasteiger charge is -2.32. The molecule has 1 aliphatic heterocycles. The van der Waals surface area contributed by atoms with Gasteiger partial charge in [0, 0.05) is 53.4 Å². The van der Waals surface area contributed by atoms with E-state index in [1.165, 1.54) is 29.8 Å². The first-order chi connectivity index (χ1) is 32.0. The van der Waals surface area contributed by atoms with Crippen molar-refractivity contribution >= 4 is 67.9 Å². The van der Waals surface area contributed by atoms with E-state index in [0.29, 0.717) is 45.9 Å². The number of piperidine rings is 1. The summed E-state index contributed by atoms with van der Waals surface area (Å²) in [7, 11) is 1.40. The van der Waals surface area contributed by atoms with Crippen molar-refractivity contribution in [3.8, 4) is 28.6 Å². The van der Waals surface area contributed by atoms with E-state index < -0.39 is 65.8 Å². The van der Waals surface area contributed by atoms with Gasteiger partial charge in [0.1, 0.15) is 53.0 Å². The van der Waals surface area contributed by atoms with Gasteiger partial charge in [0.15, 0.2) is 17.3 Å². The summed E-state index contributed by atoms with van der Waals surface area (Å²) < 4.78 is 41.7. The molecule has 67 heavy (non-hydrogen) atoms. The van der Waals surface area contributed by atoms with Crippen molar-refractivity contribution in [2.45, 2.75) is 64.6 Å². The number of esters is 1. The van der Waals surface area contributed by atoms with E-state index in [4.69, 9.17) is 10.5 Å². The number of pyridine rings is 1. The number of phenolic OH excluding ortho intramolecular Hbond substituents is 2. The Morgan fingerprint density at radius 3 is 2.52 bits per heavy atom. The lowest BCUT2D eigenvalue weighted by atomic mass is 9.93. The van der Waals surface area contributed by atoms with Gasteiger partial charge in [0.2, 0.25) is 5.91 Å². The molecule has 0 spiro atoms. The molecule has 3 aromatic carbocycles. The number of aromatic nitrogens is 7. The molecule has 0 unspecified atom stereocenters. The third kappa shape index (κ3) is 9.55. The van der Waals surface area contributed by atoms with Crippen LogP contribution >= 0.6 is 22.6 Å². The summed E-state index contributed by atoms with van der Waals surface area (Å²) in [5.41, 5.74) is 6.79. The van der Waals surface area contributed by atoms with Gasteiger partial charge in [-0.05, 0) is 108 Å². The van der Waals surface area contributed by atoms with Crippen molar-refractivity contribution in [2.75, 3.05) is 25.4 Å². The fourth-order valence-corrected chi connectivity index (χ4v) is 8.84. The number of nitrogens with zero attached hydrogens (tertiary/aromatic N) is 8. The minimum absolute atomic E-state index is 0.0310. The molecule has 1 amide bonds. The van der Waals surface area contributed by atoms with Crippen LogP contribution in [-0.4, -0.2) is 91.3 Å². The molecule has 0 aliphatic carbocycles. The first kappa shape index (κ1) is 46.6. The van der Waals surface area contributed by atoms with Crippen LogP contribution < -0.4 is 22.3 Å². The number of anilines is 1. The normalized spacial score (nSPS) is 14.1. The SMILES string of the molecule is CC(C)c1cc(-c2n[nH]c(=O)n2-c2ccc3c(ccn3CCC3CCN(C(=O)CC(=O)OC[C@H](O)Cn4cnc5c(c(=Nc6ccc(I)cc6F)c(F)c(N)n5C)c4=O)CC3)c2)c(O)cc1O. The molecule has 1 saturated heterocycles. The number of nitrogens with two attached hydrogens (primary N) is 1. The lowest BCUT2D eigenvalue weighted by molar-refractivity contribution is -0.152. The number of rotatable bonds is 13. The number of carbonyl (C=O) groups is 2. The molecule has 18 nitrogen and oxygen atoms in total. The van der Waals surface area contributed by atoms with Gasteiger partial charge in [-0.2, -0.15) is 5.10 Å². The average molecular weight is 1030 g/mol. The predicted octanol–water partition coefficient (Wildman–Crippen LogP) is 5.09. The number of hydrogen-bond acceptors (Lipinski definition) is 12. The monoisotopic (exact) mass is 1030 g/mol. The number of likely N-dealkylation sites (tertiary alicyclic amines) is 1. The summed E-state index contributed by atoms with van der Waals surface area (Å²) in [5.74, 6) is -3.21. The summed E-state index contributed by atoms with van der Waals surface area (Å²) in [5, 5.41) is 38.5. The van der Waals surface area contributed by atoms with E-state index in [2.05, 4.69) is 24.7 Å². The van der Waals surface area contributed by atoms with Crippen LogP contribution in [0.1, 0.15) is 51.0 Å². The number of aryl methyl sites for hydroxylation is 2. The van der Waals surface area contributed by atoms with Crippen LogP contribution in [0.4, 0.5) is 20.3 Å². The number of H-pyrrole nitrogens is 1. The van der Waals surface area contributed by atoms with Gasteiger partial charge in [0.05, 0.1) is 29.8 Å². The van der Waals surface area contributed by atoms with Crippen LogP contribution in [0.25, 0.3) is 39.0 Å². The van der Waals surface area contributed by atoms with E-state index in [9.17, 15) is 38.9 Å². The molecule has 1 fully saturated rings. The number of benzene rings is 3. The Morgan fingerprint density at radius 1 is 1.03 bits per heavy atom. The topological polar surface area (TPSA) is 241 Å². The Hall–Kier alpha value is -6.88.